The van der Waals surface area contributed by atoms with Crippen LogP contribution in [0.2, 0.25) is 0 Å². The molecule has 0 aromatic heterocycles. The number of carbonyl (C=O) groups is 1. The Bertz CT molecular complexity index is 331. The van der Waals surface area contributed by atoms with Crippen LogP contribution in [-0.4, -0.2) is 12.1 Å². The molecule has 82 valence electrons. The van der Waals surface area contributed by atoms with Crippen LogP contribution >= 0.6 is 0 Å². The van der Waals surface area contributed by atoms with Crippen molar-refractivity contribution in [2.45, 2.75) is 39.2 Å². The molecule has 2 nitrogen and oxygen atoms in total. The molecule has 2 heteroatoms. The third kappa shape index (κ3) is 1.20. The summed E-state index contributed by atoms with van der Waals surface area (Å²) in [4.78, 5) is 11.8. The van der Waals surface area contributed by atoms with Crippen molar-refractivity contribution in [1.29, 1.82) is 0 Å². The molecule has 2 fully saturated rings. The highest BCUT2D eigenvalue weighted by molar-refractivity contribution is 5.76. The molecule has 0 aromatic rings. The number of esters is 1. The van der Waals surface area contributed by atoms with E-state index < -0.39 is 0 Å². The first-order chi connectivity index (χ1) is 7.18. The van der Waals surface area contributed by atoms with Crippen LogP contribution in [0.3, 0.4) is 0 Å². The predicted molar refractivity (Wildman–Crippen MR) is 57.1 cm³/mol. The lowest BCUT2D eigenvalue weighted by atomic mass is 9.62. The van der Waals surface area contributed by atoms with Gasteiger partial charge in [0.05, 0.1) is 5.92 Å². The van der Waals surface area contributed by atoms with E-state index in [9.17, 15) is 4.79 Å². The Labute approximate surface area is 90.7 Å². The summed E-state index contributed by atoms with van der Waals surface area (Å²) >= 11 is 0. The SMILES string of the molecule is CC1=CCC2C3C(CC[C@H]2C)C(=O)OC13. The molecule has 0 N–H and O–H groups in total. The zero-order chi connectivity index (χ0) is 10.6. The molecular weight excluding hydrogens is 188 g/mol. The van der Waals surface area contributed by atoms with Gasteiger partial charge < -0.3 is 4.74 Å². The van der Waals surface area contributed by atoms with Crippen LogP contribution in [0.5, 0.6) is 0 Å². The summed E-state index contributed by atoms with van der Waals surface area (Å²) in [5.74, 6) is 2.21. The minimum absolute atomic E-state index is 0.0663. The zero-order valence-electron chi connectivity index (χ0n) is 9.40. The van der Waals surface area contributed by atoms with E-state index in [1.165, 1.54) is 12.0 Å². The highest BCUT2D eigenvalue weighted by atomic mass is 16.6. The Morgan fingerprint density at radius 2 is 2.20 bits per heavy atom. The molecule has 0 bridgehead atoms. The molecule has 0 spiro atoms. The molecule has 2 aliphatic carbocycles. The van der Waals surface area contributed by atoms with Gasteiger partial charge in [0, 0.05) is 5.92 Å². The van der Waals surface area contributed by atoms with Crippen LogP contribution in [0, 0.1) is 23.7 Å². The fourth-order valence-electron chi connectivity index (χ4n) is 3.75. The largest absolute Gasteiger partial charge is 0.457 e. The standard InChI is InChI=1S/C13H18O2/c1-7-3-6-10-11-9(7)5-4-8(2)12(11)15-13(10)14/h4,7,9-12H,3,5-6H2,1-2H3/t7-,9?,10?,11?,12?/m1/s1. The first-order valence-electron chi connectivity index (χ1n) is 6.05. The number of hydrogen-bond acceptors (Lipinski definition) is 2. The number of ether oxygens (including phenoxy) is 1. The molecule has 3 aliphatic rings. The van der Waals surface area contributed by atoms with Crippen molar-refractivity contribution in [2.75, 3.05) is 0 Å². The Balaban J connectivity index is 2.00. The van der Waals surface area contributed by atoms with E-state index in [0.29, 0.717) is 11.8 Å². The van der Waals surface area contributed by atoms with E-state index in [2.05, 4.69) is 19.9 Å². The van der Waals surface area contributed by atoms with Crippen molar-refractivity contribution < 1.29 is 9.53 Å². The second kappa shape index (κ2) is 3.10. The summed E-state index contributed by atoms with van der Waals surface area (Å²) in [5.41, 5.74) is 1.28. The van der Waals surface area contributed by atoms with Crippen molar-refractivity contribution >= 4 is 5.97 Å². The third-order valence-electron chi connectivity index (χ3n) is 4.68. The van der Waals surface area contributed by atoms with Gasteiger partial charge >= 0.3 is 5.97 Å². The second-order valence-corrected chi connectivity index (χ2v) is 5.44. The molecule has 0 aromatic carbocycles. The van der Waals surface area contributed by atoms with Crippen LogP contribution in [0.15, 0.2) is 11.6 Å². The number of carbonyl (C=O) groups excluding carboxylic acids is 1. The summed E-state index contributed by atoms with van der Waals surface area (Å²) < 4.78 is 5.53. The summed E-state index contributed by atoms with van der Waals surface area (Å²) in [5, 5.41) is 0. The summed E-state index contributed by atoms with van der Waals surface area (Å²) in [6.07, 6.45) is 5.79. The molecule has 4 unspecified atom stereocenters. The summed E-state index contributed by atoms with van der Waals surface area (Å²) in [7, 11) is 0. The lowest BCUT2D eigenvalue weighted by molar-refractivity contribution is -0.143. The van der Waals surface area contributed by atoms with Gasteiger partial charge in [0.1, 0.15) is 6.10 Å². The van der Waals surface area contributed by atoms with E-state index in [1.807, 2.05) is 0 Å². The highest BCUT2D eigenvalue weighted by Gasteiger charge is 2.53. The maximum atomic E-state index is 11.8. The maximum Gasteiger partial charge on any atom is 0.309 e. The van der Waals surface area contributed by atoms with E-state index >= 15 is 0 Å². The van der Waals surface area contributed by atoms with Crippen LogP contribution in [0.1, 0.15) is 33.1 Å². The van der Waals surface area contributed by atoms with Crippen molar-refractivity contribution in [2.24, 2.45) is 23.7 Å². The monoisotopic (exact) mass is 206 g/mol. The second-order valence-electron chi connectivity index (χ2n) is 5.44. The smallest absolute Gasteiger partial charge is 0.309 e. The molecule has 1 saturated heterocycles. The van der Waals surface area contributed by atoms with E-state index in [1.54, 1.807) is 0 Å². The molecule has 0 amide bonds. The van der Waals surface area contributed by atoms with Crippen molar-refractivity contribution in [1.82, 2.24) is 0 Å². The fourth-order valence-corrected chi connectivity index (χ4v) is 3.75. The molecule has 1 saturated carbocycles. The van der Waals surface area contributed by atoms with E-state index in [4.69, 9.17) is 4.74 Å². The normalized spacial score (nSPS) is 48.3. The minimum atomic E-state index is 0.0663. The van der Waals surface area contributed by atoms with E-state index in [0.717, 1.165) is 18.8 Å². The van der Waals surface area contributed by atoms with Gasteiger partial charge in [0.25, 0.3) is 0 Å². The topological polar surface area (TPSA) is 26.3 Å². The van der Waals surface area contributed by atoms with E-state index in [-0.39, 0.29) is 18.0 Å². The summed E-state index contributed by atoms with van der Waals surface area (Å²) in [6, 6.07) is 0. The average molecular weight is 206 g/mol. The average Bonchev–Trinajstić information content (AvgIpc) is 2.54. The van der Waals surface area contributed by atoms with Gasteiger partial charge in [0.15, 0.2) is 0 Å². The molecule has 0 radical (unpaired) electrons. The maximum absolute atomic E-state index is 11.8. The first-order valence-corrected chi connectivity index (χ1v) is 6.05. The lowest BCUT2D eigenvalue weighted by Crippen LogP contribution is -2.39. The van der Waals surface area contributed by atoms with Gasteiger partial charge in [-0.3, -0.25) is 4.79 Å². The van der Waals surface area contributed by atoms with Crippen molar-refractivity contribution in [3.05, 3.63) is 11.6 Å². The Hall–Kier alpha value is -0.790. The van der Waals surface area contributed by atoms with Gasteiger partial charge in [0.2, 0.25) is 0 Å². The highest BCUT2D eigenvalue weighted by Crippen LogP contribution is 2.51. The Kier molecular flexibility index (Phi) is 1.95. The first kappa shape index (κ1) is 9.44. The van der Waals surface area contributed by atoms with Gasteiger partial charge in [-0.05, 0) is 43.6 Å². The number of allylic oxidation sites excluding steroid dienone is 1. The third-order valence-corrected chi connectivity index (χ3v) is 4.68. The molecular formula is C13H18O2. The minimum Gasteiger partial charge on any atom is -0.457 e. The fraction of sp³-hybridized carbons (Fsp3) is 0.769. The Morgan fingerprint density at radius 3 is 3.00 bits per heavy atom. The molecule has 15 heavy (non-hydrogen) atoms. The Morgan fingerprint density at radius 1 is 1.40 bits per heavy atom. The summed E-state index contributed by atoms with van der Waals surface area (Å²) in [6.45, 7) is 4.44. The van der Waals surface area contributed by atoms with Gasteiger partial charge in [-0.2, -0.15) is 0 Å². The molecule has 5 atom stereocenters. The van der Waals surface area contributed by atoms with Crippen LogP contribution in [0.4, 0.5) is 0 Å². The lowest BCUT2D eigenvalue weighted by Gasteiger charge is -2.40. The predicted octanol–water partition coefficient (Wildman–Crippen LogP) is 2.54. The quantitative estimate of drug-likeness (QED) is 0.449. The van der Waals surface area contributed by atoms with Gasteiger partial charge in [-0.25, -0.2) is 0 Å². The van der Waals surface area contributed by atoms with Crippen LogP contribution < -0.4 is 0 Å². The van der Waals surface area contributed by atoms with Crippen molar-refractivity contribution in [3.63, 3.8) is 0 Å². The van der Waals surface area contributed by atoms with Crippen LogP contribution in [0.25, 0.3) is 0 Å². The molecule has 1 aliphatic heterocycles. The number of hydrogen-bond donors (Lipinski definition) is 0. The van der Waals surface area contributed by atoms with Crippen LogP contribution in [-0.2, 0) is 9.53 Å². The molecule has 1 heterocycles. The molecule has 3 rings (SSSR count). The van der Waals surface area contributed by atoms with Crippen molar-refractivity contribution in [3.8, 4) is 0 Å². The van der Waals surface area contributed by atoms with Gasteiger partial charge in [-0.15, -0.1) is 0 Å². The van der Waals surface area contributed by atoms with Gasteiger partial charge in [-0.1, -0.05) is 13.0 Å². The zero-order valence-corrected chi connectivity index (χ0v) is 9.40. The number of rotatable bonds is 0.